The van der Waals surface area contributed by atoms with E-state index in [0.29, 0.717) is 28.0 Å². The lowest BCUT2D eigenvalue weighted by Gasteiger charge is -2.12. The summed E-state index contributed by atoms with van der Waals surface area (Å²) in [5.41, 5.74) is 0.930. The van der Waals surface area contributed by atoms with Crippen molar-refractivity contribution in [2.75, 3.05) is 17.7 Å². The van der Waals surface area contributed by atoms with Gasteiger partial charge in [-0.25, -0.2) is 18.2 Å². The topological polar surface area (TPSA) is 59.1 Å². The number of aryl methyl sites for hydroxylation is 1. The van der Waals surface area contributed by atoms with E-state index >= 15 is 0 Å². The molecular weight excluding hydrogens is 381 g/mol. The number of rotatable bonds is 5. The maximum atomic E-state index is 13.8. The van der Waals surface area contributed by atoms with Crippen LogP contribution in [-0.2, 0) is 0 Å². The van der Waals surface area contributed by atoms with Gasteiger partial charge in [0.15, 0.2) is 17.5 Å². The summed E-state index contributed by atoms with van der Waals surface area (Å²) in [6, 6.07) is 8.62. The maximum Gasteiger partial charge on any atom is 0.229 e. The number of methoxy groups -OCH3 is 1. The Morgan fingerprint density at radius 3 is 2.44 bits per heavy atom. The first-order valence-electron chi connectivity index (χ1n) is 7.74. The minimum absolute atomic E-state index is 0.0158. The first-order chi connectivity index (χ1) is 12.9. The Morgan fingerprint density at radius 1 is 0.963 bits per heavy atom. The Bertz CT molecular complexity index is 1000. The van der Waals surface area contributed by atoms with E-state index in [9.17, 15) is 13.2 Å². The predicted octanol–water partition coefficient (Wildman–Crippen LogP) is 5.35. The molecule has 0 fully saturated rings. The van der Waals surface area contributed by atoms with Gasteiger partial charge < -0.3 is 15.4 Å². The third kappa shape index (κ3) is 4.22. The van der Waals surface area contributed by atoms with Crippen LogP contribution in [0.4, 0.5) is 36.3 Å². The highest BCUT2D eigenvalue weighted by atomic mass is 35.5. The number of ether oxygens (including phenoxy) is 1. The molecule has 9 heteroatoms. The molecule has 0 aliphatic heterocycles. The van der Waals surface area contributed by atoms with Gasteiger partial charge in [0.2, 0.25) is 5.95 Å². The van der Waals surface area contributed by atoms with E-state index in [4.69, 9.17) is 16.3 Å². The number of anilines is 4. The van der Waals surface area contributed by atoms with Crippen molar-refractivity contribution in [1.82, 2.24) is 9.97 Å². The molecule has 0 atom stereocenters. The summed E-state index contributed by atoms with van der Waals surface area (Å²) in [6.07, 6.45) is 0. The molecule has 0 unspecified atom stereocenters. The SMILES string of the molecule is COc1ccc(Nc2cc(C)nc(Nc3ccc(F)c(F)c3F)n2)cc1Cl. The second-order valence-electron chi connectivity index (χ2n) is 5.54. The van der Waals surface area contributed by atoms with Crippen molar-refractivity contribution in [1.29, 1.82) is 0 Å². The van der Waals surface area contributed by atoms with E-state index in [1.165, 1.54) is 7.11 Å². The quantitative estimate of drug-likeness (QED) is 0.571. The minimum atomic E-state index is -1.57. The van der Waals surface area contributed by atoms with Crippen molar-refractivity contribution in [2.45, 2.75) is 6.92 Å². The van der Waals surface area contributed by atoms with Crippen LogP contribution in [0.25, 0.3) is 0 Å². The maximum absolute atomic E-state index is 13.8. The van der Waals surface area contributed by atoms with Crippen LogP contribution >= 0.6 is 11.6 Å². The van der Waals surface area contributed by atoms with Crippen molar-refractivity contribution < 1.29 is 17.9 Å². The summed E-state index contributed by atoms with van der Waals surface area (Å²) in [4.78, 5) is 8.32. The van der Waals surface area contributed by atoms with Gasteiger partial charge in [-0.3, -0.25) is 0 Å². The molecule has 140 valence electrons. The Balaban J connectivity index is 1.86. The Labute approximate surface area is 158 Å². The van der Waals surface area contributed by atoms with E-state index in [-0.39, 0.29) is 11.6 Å². The fourth-order valence-electron chi connectivity index (χ4n) is 2.32. The van der Waals surface area contributed by atoms with Crippen LogP contribution < -0.4 is 15.4 Å². The van der Waals surface area contributed by atoms with Crippen LogP contribution in [0.1, 0.15) is 5.69 Å². The van der Waals surface area contributed by atoms with Crippen molar-refractivity contribution in [2.24, 2.45) is 0 Å². The molecule has 0 aliphatic rings. The van der Waals surface area contributed by atoms with E-state index in [0.717, 1.165) is 12.1 Å². The summed E-state index contributed by atoms with van der Waals surface area (Å²) in [7, 11) is 1.51. The van der Waals surface area contributed by atoms with E-state index < -0.39 is 17.5 Å². The van der Waals surface area contributed by atoms with Gasteiger partial charge in [0, 0.05) is 17.4 Å². The molecule has 0 saturated carbocycles. The second-order valence-corrected chi connectivity index (χ2v) is 5.95. The Kier molecular flexibility index (Phi) is 5.36. The lowest BCUT2D eigenvalue weighted by molar-refractivity contribution is 0.415. The molecule has 0 aliphatic carbocycles. The number of benzene rings is 2. The molecule has 0 bridgehead atoms. The summed E-state index contributed by atoms with van der Waals surface area (Å²) < 4.78 is 45.4. The highest BCUT2D eigenvalue weighted by Crippen LogP contribution is 2.29. The fraction of sp³-hybridized carbons (Fsp3) is 0.111. The van der Waals surface area contributed by atoms with E-state index in [2.05, 4.69) is 20.6 Å². The van der Waals surface area contributed by atoms with Gasteiger partial charge in [-0.2, -0.15) is 4.98 Å². The summed E-state index contributed by atoms with van der Waals surface area (Å²) in [5.74, 6) is -3.26. The van der Waals surface area contributed by atoms with Crippen molar-refractivity contribution in [3.63, 3.8) is 0 Å². The standard InChI is InChI=1S/C18H14ClF3N4O/c1-9-7-15(24-10-3-6-14(27-2)11(19)8-10)26-18(23-9)25-13-5-4-12(20)16(21)17(13)22/h3-8H,1-2H3,(H2,23,24,25,26). The molecule has 0 radical (unpaired) electrons. The molecule has 27 heavy (non-hydrogen) atoms. The van der Waals surface area contributed by atoms with Gasteiger partial charge in [0.1, 0.15) is 11.6 Å². The zero-order valence-corrected chi connectivity index (χ0v) is 15.0. The number of aromatic nitrogens is 2. The Morgan fingerprint density at radius 2 is 1.74 bits per heavy atom. The predicted molar refractivity (Wildman–Crippen MR) is 97.7 cm³/mol. The molecular formula is C18H14ClF3N4O. The average Bonchev–Trinajstić information content (AvgIpc) is 2.62. The number of nitrogens with one attached hydrogen (secondary N) is 2. The number of hydrogen-bond donors (Lipinski definition) is 2. The number of nitrogens with zero attached hydrogens (tertiary/aromatic N) is 2. The molecule has 1 aromatic heterocycles. The first kappa shape index (κ1) is 18.8. The molecule has 0 spiro atoms. The molecule has 0 saturated heterocycles. The van der Waals surface area contributed by atoms with Gasteiger partial charge in [-0.1, -0.05) is 11.6 Å². The molecule has 3 rings (SSSR count). The fourth-order valence-corrected chi connectivity index (χ4v) is 2.58. The molecule has 0 amide bonds. The lowest BCUT2D eigenvalue weighted by Crippen LogP contribution is -2.05. The highest BCUT2D eigenvalue weighted by molar-refractivity contribution is 6.32. The van der Waals surface area contributed by atoms with E-state index in [1.54, 1.807) is 31.2 Å². The van der Waals surface area contributed by atoms with Crippen molar-refractivity contribution >= 4 is 34.7 Å². The molecule has 2 N–H and O–H groups in total. The molecule has 1 heterocycles. The summed E-state index contributed by atoms with van der Waals surface area (Å²) in [5, 5.41) is 6.00. The minimum Gasteiger partial charge on any atom is -0.495 e. The molecule has 5 nitrogen and oxygen atoms in total. The van der Waals surface area contributed by atoms with Crippen LogP contribution in [0.5, 0.6) is 5.75 Å². The lowest BCUT2D eigenvalue weighted by atomic mass is 10.3. The zero-order valence-electron chi connectivity index (χ0n) is 14.3. The highest BCUT2D eigenvalue weighted by Gasteiger charge is 2.14. The number of halogens is 4. The van der Waals surface area contributed by atoms with Gasteiger partial charge in [0.05, 0.1) is 17.8 Å². The summed E-state index contributed by atoms with van der Waals surface area (Å²) in [6.45, 7) is 1.71. The van der Waals surface area contributed by atoms with Crippen LogP contribution in [0.15, 0.2) is 36.4 Å². The second kappa shape index (κ2) is 7.71. The van der Waals surface area contributed by atoms with Crippen LogP contribution in [-0.4, -0.2) is 17.1 Å². The van der Waals surface area contributed by atoms with Crippen LogP contribution in [0.3, 0.4) is 0 Å². The first-order valence-corrected chi connectivity index (χ1v) is 8.12. The number of hydrogen-bond acceptors (Lipinski definition) is 5. The van der Waals surface area contributed by atoms with E-state index in [1.807, 2.05) is 0 Å². The average molecular weight is 395 g/mol. The van der Waals surface area contributed by atoms with Crippen LogP contribution in [0, 0.1) is 24.4 Å². The van der Waals surface area contributed by atoms with Gasteiger partial charge in [-0.15, -0.1) is 0 Å². The summed E-state index contributed by atoms with van der Waals surface area (Å²) >= 11 is 6.09. The van der Waals surface area contributed by atoms with Gasteiger partial charge >= 0.3 is 0 Å². The third-order valence-electron chi connectivity index (χ3n) is 3.56. The monoisotopic (exact) mass is 394 g/mol. The zero-order chi connectivity index (χ0) is 19.6. The largest absolute Gasteiger partial charge is 0.495 e. The van der Waals surface area contributed by atoms with Crippen molar-refractivity contribution in [3.8, 4) is 5.75 Å². The normalized spacial score (nSPS) is 10.6. The van der Waals surface area contributed by atoms with Crippen LogP contribution in [0.2, 0.25) is 5.02 Å². The third-order valence-corrected chi connectivity index (χ3v) is 3.86. The van der Waals surface area contributed by atoms with Gasteiger partial charge in [0.25, 0.3) is 0 Å². The Hall–Kier alpha value is -3.00. The van der Waals surface area contributed by atoms with Crippen molar-refractivity contribution in [3.05, 3.63) is 64.6 Å². The molecule has 2 aromatic carbocycles. The molecule has 3 aromatic rings. The van der Waals surface area contributed by atoms with Gasteiger partial charge in [-0.05, 0) is 37.3 Å². The smallest absolute Gasteiger partial charge is 0.229 e.